The van der Waals surface area contributed by atoms with Crippen LogP contribution in [0, 0.1) is 11.8 Å². The lowest BCUT2D eigenvalue weighted by molar-refractivity contribution is 0.262. The van der Waals surface area contributed by atoms with Crippen LogP contribution < -0.4 is 0 Å². The van der Waals surface area contributed by atoms with Crippen molar-refractivity contribution in [1.29, 1.82) is 0 Å². The molecule has 1 heterocycles. The van der Waals surface area contributed by atoms with Crippen LogP contribution in [-0.4, -0.2) is 16.3 Å². The summed E-state index contributed by atoms with van der Waals surface area (Å²) < 4.78 is 0. The SMILES string of the molecule is c1ccc(C2=N[C@@H]3C[C@H]4CCC[C@@H]4C[C@@H]3S2)cc1. The van der Waals surface area contributed by atoms with Crippen LogP contribution in [-0.2, 0) is 0 Å². The van der Waals surface area contributed by atoms with E-state index in [1.807, 2.05) is 11.8 Å². The fourth-order valence-corrected chi connectivity index (χ4v) is 5.39. The van der Waals surface area contributed by atoms with Crippen molar-refractivity contribution in [2.75, 3.05) is 0 Å². The van der Waals surface area contributed by atoms with E-state index in [-0.39, 0.29) is 0 Å². The average Bonchev–Trinajstić information content (AvgIpc) is 3.01. The molecule has 0 bridgehead atoms. The first-order valence-corrected chi connectivity index (χ1v) is 8.08. The molecule has 0 radical (unpaired) electrons. The van der Waals surface area contributed by atoms with Crippen molar-refractivity contribution >= 4 is 16.8 Å². The normalized spacial score (nSPS) is 38.1. The van der Waals surface area contributed by atoms with E-state index < -0.39 is 0 Å². The van der Waals surface area contributed by atoms with Gasteiger partial charge in [-0.05, 0) is 24.7 Å². The third-order valence-corrected chi connectivity index (χ3v) is 6.27. The zero-order chi connectivity index (χ0) is 11.9. The molecule has 18 heavy (non-hydrogen) atoms. The van der Waals surface area contributed by atoms with Gasteiger partial charge in [-0.1, -0.05) is 49.6 Å². The molecule has 1 nitrogen and oxygen atoms in total. The molecule has 1 aromatic carbocycles. The Morgan fingerprint density at radius 3 is 2.61 bits per heavy atom. The highest BCUT2D eigenvalue weighted by atomic mass is 32.2. The van der Waals surface area contributed by atoms with Crippen LogP contribution >= 0.6 is 11.8 Å². The molecule has 2 aliphatic carbocycles. The second-order valence-corrected chi connectivity index (χ2v) is 7.17. The Bertz CT molecular complexity index is 467. The highest BCUT2D eigenvalue weighted by Crippen LogP contribution is 2.49. The van der Waals surface area contributed by atoms with Crippen LogP contribution in [0.4, 0.5) is 0 Å². The van der Waals surface area contributed by atoms with Gasteiger partial charge in [-0.25, -0.2) is 0 Å². The standard InChI is InChI=1S/C16H19NS/c1-2-5-11(6-3-1)16-17-14-9-12-7-4-8-13(12)10-15(14)18-16/h1-3,5-6,12-15H,4,7-10H2/t12-,13-,14-,15+/m1/s1. The molecule has 0 spiro atoms. The summed E-state index contributed by atoms with van der Waals surface area (Å²) in [5, 5.41) is 2.07. The predicted molar refractivity (Wildman–Crippen MR) is 78.2 cm³/mol. The highest BCUT2D eigenvalue weighted by Gasteiger charge is 2.42. The molecule has 0 amide bonds. The van der Waals surface area contributed by atoms with Gasteiger partial charge in [-0.3, -0.25) is 4.99 Å². The first-order chi connectivity index (χ1) is 8.90. The smallest absolute Gasteiger partial charge is 0.0984 e. The number of nitrogens with zero attached hydrogens (tertiary/aromatic N) is 1. The van der Waals surface area contributed by atoms with Gasteiger partial charge in [0.05, 0.1) is 11.1 Å². The van der Waals surface area contributed by atoms with Crippen molar-refractivity contribution < 1.29 is 0 Å². The minimum Gasteiger partial charge on any atom is -0.273 e. The molecule has 3 aliphatic rings. The Labute approximate surface area is 113 Å². The van der Waals surface area contributed by atoms with Gasteiger partial charge < -0.3 is 0 Å². The number of benzene rings is 1. The maximum absolute atomic E-state index is 5.02. The fraction of sp³-hybridized carbons (Fsp3) is 0.562. The Hall–Kier alpha value is -0.760. The minimum atomic E-state index is 0.615. The van der Waals surface area contributed by atoms with Crippen LogP contribution in [0.3, 0.4) is 0 Å². The van der Waals surface area contributed by atoms with E-state index in [0.29, 0.717) is 6.04 Å². The first kappa shape index (κ1) is 11.1. The zero-order valence-electron chi connectivity index (χ0n) is 10.6. The van der Waals surface area contributed by atoms with Crippen LogP contribution in [0.25, 0.3) is 0 Å². The molecule has 2 fully saturated rings. The zero-order valence-corrected chi connectivity index (χ0v) is 11.4. The molecular weight excluding hydrogens is 238 g/mol. The van der Waals surface area contributed by atoms with Gasteiger partial charge in [-0.2, -0.15) is 0 Å². The number of thioether (sulfide) groups is 1. The van der Waals surface area contributed by atoms with Gasteiger partial charge in [0.15, 0.2) is 0 Å². The van der Waals surface area contributed by atoms with E-state index in [1.165, 1.54) is 42.7 Å². The average molecular weight is 257 g/mol. The molecular formula is C16H19NS. The summed E-state index contributed by atoms with van der Waals surface area (Å²) in [4.78, 5) is 5.02. The number of hydrogen-bond acceptors (Lipinski definition) is 2. The summed E-state index contributed by atoms with van der Waals surface area (Å²) in [6.07, 6.45) is 7.19. The summed E-state index contributed by atoms with van der Waals surface area (Å²) in [6.45, 7) is 0. The van der Waals surface area contributed by atoms with E-state index in [2.05, 4.69) is 30.3 Å². The fourth-order valence-electron chi connectivity index (χ4n) is 3.96. The van der Waals surface area contributed by atoms with Crippen molar-refractivity contribution in [3.8, 4) is 0 Å². The summed E-state index contributed by atoms with van der Waals surface area (Å²) in [7, 11) is 0. The molecule has 1 aliphatic heterocycles. The highest BCUT2D eigenvalue weighted by molar-refractivity contribution is 8.15. The monoisotopic (exact) mass is 257 g/mol. The number of fused-ring (bicyclic) bond motifs is 2. The molecule has 0 N–H and O–H groups in total. The molecule has 2 saturated carbocycles. The third kappa shape index (κ3) is 1.82. The molecule has 2 heteroatoms. The second kappa shape index (κ2) is 4.41. The lowest BCUT2D eigenvalue weighted by Crippen LogP contribution is -2.31. The van der Waals surface area contributed by atoms with Crippen molar-refractivity contribution in [1.82, 2.24) is 0 Å². The number of hydrogen-bond donors (Lipinski definition) is 0. The van der Waals surface area contributed by atoms with Crippen LogP contribution in [0.1, 0.15) is 37.7 Å². The van der Waals surface area contributed by atoms with E-state index >= 15 is 0 Å². The van der Waals surface area contributed by atoms with Gasteiger partial charge in [0, 0.05) is 10.8 Å². The van der Waals surface area contributed by atoms with Crippen molar-refractivity contribution in [3.05, 3.63) is 35.9 Å². The lowest BCUT2D eigenvalue weighted by Gasteiger charge is -2.32. The summed E-state index contributed by atoms with van der Waals surface area (Å²) >= 11 is 2.05. The maximum Gasteiger partial charge on any atom is 0.0984 e. The Morgan fingerprint density at radius 2 is 1.78 bits per heavy atom. The second-order valence-electron chi connectivity index (χ2n) is 5.95. The Morgan fingerprint density at radius 1 is 1.00 bits per heavy atom. The minimum absolute atomic E-state index is 0.615. The maximum atomic E-state index is 5.02. The van der Waals surface area contributed by atoms with E-state index in [9.17, 15) is 0 Å². The summed E-state index contributed by atoms with van der Waals surface area (Å²) in [5.41, 5.74) is 1.32. The van der Waals surface area contributed by atoms with Crippen LogP contribution in [0.5, 0.6) is 0 Å². The van der Waals surface area contributed by atoms with Crippen molar-refractivity contribution in [2.24, 2.45) is 16.8 Å². The van der Waals surface area contributed by atoms with E-state index in [4.69, 9.17) is 4.99 Å². The summed E-state index contributed by atoms with van der Waals surface area (Å²) in [6, 6.07) is 11.3. The predicted octanol–water partition coefficient (Wildman–Crippen LogP) is 4.13. The van der Waals surface area contributed by atoms with E-state index in [1.54, 1.807) is 0 Å². The van der Waals surface area contributed by atoms with Gasteiger partial charge in [0.25, 0.3) is 0 Å². The number of rotatable bonds is 1. The Balaban J connectivity index is 1.57. The van der Waals surface area contributed by atoms with Gasteiger partial charge >= 0.3 is 0 Å². The molecule has 0 saturated heterocycles. The van der Waals surface area contributed by atoms with Crippen molar-refractivity contribution in [2.45, 2.75) is 43.4 Å². The molecule has 0 unspecified atom stereocenters. The van der Waals surface area contributed by atoms with Gasteiger partial charge in [0.2, 0.25) is 0 Å². The molecule has 4 atom stereocenters. The van der Waals surface area contributed by atoms with E-state index in [0.717, 1.165) is 17.1 Å². The third-order valence-electron chi connectivity index (χ3n) is 4.89. The molecule has 1 aromatic rings. The van der Waals surface area contributed by atoms with Gasteiger partial charge in [0.1, 0.15) is 0 Å². The largest absolute Gasteiger partial charge is 0.273 e. The topological polar surface area (TPSA) is 12.4 Å². The lowest BCUT2D eigenvalue weighted by atomic mass is 9.79. The Kier molecular flexibility index (Phi) is 2.72. The number of aliphatic imine (C=N–C) groups is 1. The van der Waals surface area contributed by atoms with Crippen LogP contribution in [0.2, 0.25) is 0 Å². The summed E-state index contributed by atoms with van der Waals surface area (Å²) in [5.74, 6) is 2.01. The van der Waals surface area contributed by atoms with Gasteiger partial charge in [-0.15, -0.1) is 11.8 Å². The first-order valence-electron chi connectivity index (χ1n) is 7.20. The van der Waals surface area contributed by atoms with Crippen molar-refractivity contribution in [3.63, 3.8) is 0 Å². The quantitative estimate of drug-likeness (QED) is 0.737. The van der Waals surface area contributed by atoms with Crippen LogP contribution in [0.15, 0.2) is 35.3 Å². The molecule has 94 valence electrons. The molecule has 4 rings (SSSR count). The molecule has 0 aromatic heterocycles.